The Morgan fingerprint density at radius 2 is 1.32 bits per heavy atom. The summed E-state index contributed by atoms with van der Waals surface area (Å²) in [5.74, 6) is -0.989. The Labute approximate surface area is 177 Å². The molecular formula is C20H22F3O7P. The van der Waals surface area contributed by atoms with Crippen molar-refractivity contribution in [1.82, 2.24) is 0 Å². The molecule has 11 heteroatoms. The largest absolute Gasteiger partial charge is 0.479 e. The second-order valence-corrected chi connectivity index (χ2v) is 8.83. The summed E-state index contributed by atoms with van der Waals surface area (Å²) in [6, 6.07) is 10.4. The molecular weight excluding hydrogens is 440 g/mol. The highest BCUT2D eigenvalue weighted by molar-refractivity contribution is 7.54. The molecule has 2 unspecified atom stereocenters. The maximum absolute atomic E-state index is 12.6. The van der Waals surface area contributed by atoms with Gasteiger partial charge in [-0.3, -0.25) is 4.57 Å². The van der Waals surface area contributed by atoms with Gasteiger partial charge in [-0.15, -0.1) is 0 Å². The molecule has 0 saturated heterocycles. The van der Waals surface area contributed by atoms with Crippen molar-refractivity contribution in [3.63, 3.8) is 0 Å². The van der Waals surface area contributed by atoms with Gasteiger partial charge in [0.2, 0.25) is 0 Å². The van der Waals surface area contributed by atoms with Crippen LogP contribution in [0.2, 0.25) is 0 Å². The van der Waals surface area contributed by atoms with E-state index in [-0.39, 0.29) is 5.75 Å². The quantitative estimate of drug-likeness (QED) is 0.352. The first-order valence-electron chi connectivity index (χ1n) is 9.02. The van der Waals surface area contributed by atoms with Gasteiger partial charge in [0.15, 0.2) is 11.9 Å². The lowest BCUT2D eigenvalue weighted by Crippen LogP contribution is -2.29. The molecule has 0 saturated carbocycles. The number of alkyl halides is 3. The van der Waals surface area contributed by atoms with Gasteiger partial charge in [-0.05, 0) is 62.4 Å². The fourth-order valence-electron chi connectivity index (χ4n) is 2.39. The fraction of sp³-hybridized carbons (Fsp3) is 0.350. The Balaban J connectivity index is 1.94. The van der Waals surface area contributed by atoms with Gasteiger partial charge in [-0.25, -0.2) is 4.79 Å². The molecule has 7 nitrogen and oxygen atoms in total. The molecule has 2 aromatic rings. The predicted octanol–water partition coefficient (Wildman–Crippen LogP) is 5.64. The van der Waals surface area contributed by atoms with Crippen molar-refractivity contribution >= 4 is 13.6 Å². The van der Waals surface area contributed by atoms with Gasteiger partial charge in [0.1, 0.15) is 17.2 Å². The molecule has 0 spiro atoms. The van der Waals surface area contributed by atoms with Gasteiger partial charge in [-0.1, -0.05) is 0 Å². The first-order chi connectivity index (χ1) is 14.5. The highest BCUT2D eigenvalue weighted by Gasteiger charge is 2.35. The summed E-state index contributed by atoms with van der Waals surface area (Å²) in [5, 5.41) is 0. The zero-order valence-electron chi connectivity index (χ0n) is 17.2. The SMILES string of the molecule is COP(=O)(OC)C(C)OC(=O)C(C)Oc1ccc(Oc2ccc(C(F)(F)F)cc2)cc1. The minimum absolute atomic E-state index is 0.230. The van der Waals surface area contributed by atoms with Crippen molar-refractivity contribution < 1.29 is 45.8 Å². The molecule has 0 aliphatic heterocycles. The van der Waals surface area contributed by atoms with Crippen molar-refractivity contribution in [2.75, 3.05) is 14.2 Å². The summed E-state index contributed by atoms with van der Waals surface area (Å²) in [6.07, 6.45) is -5.44. The molecule has 0 radical (unpaired) electrons. The highest BCUT2D eigenvalue weighted by atomic mass is 31.2. The van der Waals surface area contributed by atoms with E-state index in [4.69, 9.17) is 23.3 Å². The summed E-state index contributed by atoms with van der Waals surface area (Å²) >= 11 is 0. The predicted molar refractivity (Wildman–Crippen MR) is 105 cm³/mol. The maximum Gasteiger partial charge on any atom is 0.416 e. The molecule has 2 rings (SSSR count). The lowest BCUT2D eigenvalue weighted by molar-refractivity contribution is -0.153. The van der Waals surface area contributed by atoms with Crippen LogP contribution in [-0.2, 0) is 29.3 Å². The van der Waals surface area contributed by atoms with E-state index in [1.165, 1.54) is 64.5 Å². The number of hydrogen-bond donors (Lipinski definition) is 0. The average molecular weight is 462 g/mol. The van der Waals surface area contributed by atoms with Crippen LogP contribution in [0.4, 0.5) is 13.2 Å². The Morgan fingerprint density at radius 1 is 0.871 bits per heavy atom. The number of hydrogen-bond acceptors (Lipinski definition) is 7. The highest BCUT2D eigenvalue weighted by Crippen LogP contribution is 2.51. The third-order valence-corrected chi connectivity index (χ3v) is 6.14. The molecule has 0 bridgehead atoms. The van der Waals surface area contributed by atoms with E-state index < -0.39 is 37.3 Å². The summed E-state index contributed by atoms with van der Waals surface area (Å²) in [6.45, 7) is 2.83. The molecule has 0 fully saturated rings. The van der Waals surface area contributed by atoms with Crippen LogP contribution in [0.5, 0.6) is 17.2 Å². The summed E-state index contributed by atoms with van der Waals surface area (Å²) in [7, 11) is -1.21. The van der Waals surface area contributed by atoms with Gasteiger partial charge >= 0.3 is 19.7 Å². The second kappa shape index (κ2) is 10.2. The maximum atomic E-state index is 12.6. The van der Waals surface area contributed by atoms with Crippen molar-refractivity contribution in [3.05, 3.63) is 54.1 Å². The van der Waals surface area contributed by atoms with Crippen molar-refractivity contribution in [1.29, 1.82) is 0 Å². The van der Waals surface area contributed by atoms with E-state index in [0.717, 1.165) is 12.1 Å². The second-order valence-electron chi connectivity index (χ2n) is 6.30. The van der Waals surface area contributed by atoms with Crippen LogP contribution < -0.4 is 9.47 Å². The van der Waals surface area contributed by atoms with E-state index in [1.54, 1.807) is 0 Å². The Morgan fingerprint density at radius 3 is 1.77 bits per heavy atom. The molecule has 0 aliphatic rings. The minimum Gasteiger partial charge on any atom is -0.479 e. The summed E-state index contributed by atoms with van der Waals surface area (Å²) < 4.78 is 75.6. The van der Waals surface area contributed by atoms with Crippen molar-refractivity contribution in [3.8, 4) is 17.2 Å². The number of rotatable bonds is 9. The van der Waals surface area contributed by atoms with E-state index in [2.05, 4.69) is 0 Å². The number of carbonyl (C=O) groups is 1. The van der Waals surface area contributed by atoms with Gasteiger partial charge in [-0.2, -0.15) is 13.2 Å². The lowest BCUT2D eigenvalue weighted by atomic mass is 10.2. The molecule has 0 aromatic heterocycles. The van der Waals surface area contributed by atoms with E-state index in [0.29, 0.717) is 11.5 Å². The van der Waals surface area contributed by atoms with E-state index in [9.17, 15) is 22.5 Å². The Hall–Kier alpha value is -2.55. The fourth-order valence-corrected chi connectivity index (χ4v) is 3.36. The van der Waals surface area contributed by atoms with Crippen LogP contribution in [0.1, 0.15) is 19.4 Å². The summed E-state index contributed by atoms with van der Waals surface area (Å²) in [5.41, 5.74) is -0.772. The third-order valence-electron chi connectivity index (χ3n) is 4.13. The smallest absolute Gasteiger partial charge is 0.416 e. The number of halogens is 3. The van der Waals surface area contributed by atoms with Gasteiger partial charge in [0.05, 0.1) is 5.56 Å². The molecule has 0 N–H and O–H groups in total. The average Bonchev–Trinajstić information content (AvgIpc) is 2.74. The number of esters is 1. The van der Waals surface area contributed by atoms with Crippen molar-refractivity contribution in [2.45, 2.75) is 32.0 Å². The van der Waals surface area contributed by atoms with Gasteiger partial charge in [0.25, 0.3) is 0 Å². The normalized spacial score (nSPS) is 13.9. The van der Waals surface area contributed by atoms with Crippen LogP contribution in [-0.4, -0.2) is 32.1 Å². The first-order valence-corrected chi connectivity index (χ1v) is 10.6. The van der Waals surface area contributed by atoms with Crippen LogP contribution >= 0.6 is 7.60 Å². The topological polar surface area (TPSA) is 80.3 Å². The molecule has 31 heavy (non-hydrogen) atoms. The summed E-state index contributed by atoms with van der Waals surface area (Å²) in [4.78, 5) is 12.2. The van der Waals surface area contributed by atoms with Gasteiger partial charge in [0, 0.05) is 14.2 Å². The standard InChI is InChI=1S/C20H22F3O7P/c1-13(19(24)29-14(2)31(25,26-3)27-4)28-16-9-11-18(12-10-16)30-17-7-5-15(6-8-17)20(21,22)23/h5-14H,1-4H3. The number of ether oxygens (including phenoxy) is 3. The monoisotopic (exact) mass is 462 g/mol. The van der Waals surface area contributed by atoms with Gasteiger partial charge < -0.3 is 23.3 Å². The number of carbonyl (C=O) groups excluding carboxylic acids is 1. The molecule has 0 aliphatic carbocycles. The van der Waals surface area contributed by atoms with E-state index >= 15 is 0 Å². The van der Waals surface area contributed by atoms with E-state index in [1.807, 2.05) is 0 Å². The Bertz CT molecular complexity index is 906. The minimum atomic E-state index is -4.42. The Kier molecular flexibility index (Phi) is 8.11. The van der Waals surface area contributed by atoms with Crippen LogP contribution in [0.25, 0.3) is 0 Å². The number of benzene rings is 2. The first kappa shape index (κ1) is 24.7. The van der Waals surface area contributed by atoms with Crippen LogP contribution in [0.3, 0.4) is 0 Å². The molecule has 0 heterocycles. The molecule has 170 valence electrons. The zero-order valence-corrected chi connectivity index (χ0v) is 18.1. The lowest BCUT2D eigenvalue weighted by Gasteiger charge is -2.22. The third kappa shape index (κ3) is 6.72. The van der Waals surface area contributed by atoms with Crippen molar-refractivity contribution in [2.24, 2.45) is 0 Å². The molecule has 0 amide bonds. The van der Waals surface area contributed by atoms with Crippen LogP contribution in [0.15, 0.2) is 48.5 Å². The molecule has 2 aromatic carbocycles. The zero-order chi connectivity index (χ0) is 23.2. The molecule has 2 atom stereocenters. The van der Waals surface area contributed by atoms with Crippen LogP contribution in [0, 0.1) is 0 Å².